The summed E-state index contributed by atoms with van der Waals surface area (Å²) in [7, 11) is 0. The average Bonchev–Trinajstić information content (AvgIpc) is 3.10. The van der Waals surface area contributed by atoms with Gasteiger partial charge in [-0.25, -0.2) is 4.79 Å². The molecule has 0 saturated heterocycles. The average molecular weight is 703 g/mol. The van der Waals surface area contributed by atoms with E-state index in [0.717, 1.165) is 77.0 Å². The molecule has 0 aromatic carbocycles. The van der Waals surface area contributed by atoms with Crippen molar-refractivity contribution < 1.29 is 24.2 Å². The number of hydrogen-bond acceptors (Lipinski definition) is 5. The molecule has 2 atom stereocenters. The first kappa shape index (κ1) is 47.6. The third-order valence-corrected chi connectivity index (χ3v) is 9.20. The first-order chi connectivity index (χ1) is 24.4. The van der Waals surface area contributed by atoms with Gasteiger partial charge in [-0.15, -0.1) is 0 Å². The van der Waals surface area contributed by atoms with Crippen LogP contribution >= 0.6 is 0 Å². The molecule has 7 nitrogen and oxygen atoms in total. The first-order valence-corrected chi connectivity index (χ1v) is 20.8. The van der Waals surface area contributed by atoms with Crippen LogP contribution in [-0.2, 0) is 19.1 Å². The van der Waals surface area contributed by atoms with Crippen LogP contribution in [-0.4, -0.2) is 41.6 Å². The van der Waals surface area contributed by atoms with E-state index in [4.69, 9.17) is 10.5 Å². The fourth-order valence-corrected chi connectivity index (χ4v) is 6.09. The maximum atomic E-state index is 12.7. The molecule has 0 fully saturated rings. The Kier molecular flexibility index (Phi) is 36.0. The summed E-state index contributed by atoms with van der Waals surface area (Å²) in [5, 5.41) is 11.9. The molecule has 0 saturated carbocycles. The van der Waals surface area contributed by atoms with E-state index in [2.05, 4.69) is 55.6 Å². The zero-order valence-corrected chi connectivity index (χ0v) is 32.5. The summed E-state index contributed by atoms with van der Waals surface area (Å²) in [6.07, 6.45) is 43.6. The SMILES string of the molecule is CC/C=C\C/C=C\C/C=C\C(CCCCCCCCC(=O)NC(CCCN)C(=O)O)OC(=O)CCCCCCCCCCCCCCCCC. The Morgan fingerprint density at radius 1 is 0.600 bits per heavy atom. The Hall–Kier alpha value is -2.41. The summed E-state index contributed by atoms with van der Waals surface area (Å²) in [5.74, 6) is -1.30. The second-order valence-corrected chi connectivity index (χ2v) is 14.0. The van der Waals surface area contributed by atoms with Crippen molar-refractivity contribution in [1.82, 2.24) is 5.32 Å². The molecule has 7 heteroatoms. The molecule has 0 aromatic rings. The van der Waals surface area contributed by atoms with Crippen LogP contribution in [0.2, 0.25) is 0 Å². The Morgan fingerprint density at radius 3 is 1.60 bits per heavy atom. The van der Waals surface area contributed by atoms with E-state index < -0.39 is 12.0 Å². The Bertz CT molecular complexity index is 885. The van der Waals surface area contributed by atoms with E-state index in [1.165, 1.54) is 83.5 Å². The van der Waals surface area contributed by atoms with E-state index in [-0.39, 0.29) is 18.0 Å². The van der Waals surface area contributed by atoms with Gasteiger partial charge in [-0.05, 0) is 70.4 Å². The molecular weight excluding hydrogens is 624 g/mol. The lowest BCUT2D eigenvalue weighted by Gasteiger charge is -2.15. The van der Waals surface area contributed by atoms with Gasteiger partial charge < -0.3 is 20.9 Å². The predicted octanol–water partition coefficient (Wildman–Crippen LogP) is 11.4. The minimum absolute atomic E-state index is 0.0824. The molecule has 4 N–H and O–H groups in total. The van der Waals surface area contributed by atoms with Crippen molar-refractivity contribution in [2.24, 2.45) is 5.73 Å². The number of carboxylic acid groups (broad SMARTS) is 1. The number of allylic oxidation sites excluding steroid dienone is 5. The summed E-state index contributed by atoms with van der Waals surface area (Å²) >= 11 is 0. The van der Waals surface area contributed by atoms with Crippen LogP contribution in [0.25, 0.3) is 0 Å². The van der Waals surface area contributed by atoms with Crippen LogP contribution in [0.4, 0.5) is 0 Å². The number of nitrogens with one attached hydrogen (secondary N) is 1. The first-order valence-electron chi connectivity index (χ1n) is 20.8. The molecule has 0 aliphatic heterocycles. The highest BCUT2D eigenvalue weighted by Crippen LogP contribution is 2.16. The maximum absolute atomic E-state index is 12.7. The Balaban J connectivity index is 4.26. The van der Waals surface area contributed by atoms with Gasteiger partial charge >= 0.3 is 11.9 Å². The van der Waals surface area contributed by atoms with Gasteiger partial charge in [0, 0.05) is 12.8 Å². The lowest BCUT2D eigenvalue weighted by atomic mass is 10.0. The molecule has 0 heterocycles. The van der Waals surface area contributed by atoms with Gasteiger partial charge in [-0.1, -0.05) is 160 Å². The van der Waals surface area contributed by atoms with Crippen LogP contribution in [0, 0.1) is 0 Å². The van der Waals surface area contributed by atoms with Crippen LogP contribution in [0.1, 0.15) is 200 Å². The molecule has 0 aliphatic carbocycles. The number of aliphatic carboxylic acids is 1. The fraction of sp³-hybridized carbons (Fsp3) is 0.791. The summed E-state index contributed by atoms with van der Waals surface area (Å²) < 4.78 is 5.92. The predicted molar refractivity (Wildman–Crippen MR) is 211 cm³/mol. The summed E-state index contributed by atoms with van der Waals surface area (Å²) in [5.41, 5.74) is 5.47. The van der Waals surface area contributed by atoms with Crippen molar-refractivity contribution in [3.8, 4) is 0 Å². The van der Waals surface area contributed by atoms with Gasteiger partial charge in [0.1, 0.15) is 12.1 Å². The van der Waals surface area contributed by atoms with Crippen LogP contribution in [0.3, 0.4) is 0 Å². The Morgan fingerprint density at radius 2 is 1.08 bits per heavy atom. The summed E-state index contributed by atoms with van der Waals surface area (Å²) in [6, 6.07) is -0.856. The number of carbonyl (C=O) groups is 3. The highest BCUT2D eigenvalue weighted by Gasteiger charge is 2.18. The molecule has 290 valence electrons. The standard InChI is InChI=1S/C43H78N2O5/c1-3-5-7-9-11-13-14-15-16-17-18-19-21-27-31-37-42(47)50-39(33-28-24-20-12-10-8-6-4-2)34-29-25-22-23-26-30-36-41(46)45-40(43(48)49)35-32-38-44/h6,8,12,20,28,33,39-40H,3-5,7,9-11,13-19,21-27,29-32,34-38,44H2,1-2H3,(H,45,46)(H,48,49)/b8-6-,20-12-,33-28-. The van der Waals surface area contributed by atoms with Crippen molar-refractivity contribution >= 4 is 17.8 Å². The number of rotatable bonds is 37. The topological polar surface area (TPSA) is 119 Å². The van der Waals surface area contributed by atoms with E-state index >= 15 is 0 Å². The lowest BCUT2D eigenvalue weighted by molar-refractivity contribution is -0.147. The normalized spacial score (nSPS) is 13.0. The number of amides is 1. The van der Waals surface area contributed by atoms with E-state index in [1.54, 1.807) is 0 Å². The molecule has 50 heavy (non-hydrogen) atoms. The number of carbonyl (C=O) groups excluding carboxylic acids is 2. The van der Waals surface area contributed by atoms with Gasteiger partial charge in [0.2, 0.25) is 5.91 Å². The van der Waals surface area contributed by atoms with E-state index in [0.29, 0.717) is 32.2 Å². The number of hydrogen-bond donors (Lipinski definition) is 3. The number of unbranched alkanes of at least 4 members (excludes halogenated alkanes) is 19. The van der Waals surface area contributed by atoms with Crippen molar-refractivity contribution in [2.75, 3.05) is 6.54 Å². The summed E-state index contributed by atoms with van der Waals surface area (Å²) in [6.45, 7) is 4.82. The molecular formula is C43H78N2O5. The van der Waals surface area contributed by atoms with Gasteiger partial charge in [0.05, 0.1) is 0 Å². The third kappa shape index (κ3) is 34.1. The van der Waals surface area contributed by atoms with E-state index in [9.17, 15) is 19.5 Å². The molecule has 2 unspecified atom stereocenters. The van der Waals surface area contributed by atoms with Crippen LogP contribution < -0.4 is 11.1 Å². The minimum Gasteiger partial charge on any atom is -0.480 e. The molecule has 0 bridgehead atoms. The highest BCUT2D eigenvalue weighted by molar-refractivity contribution is 5.83. The van der Waals surface area contributed by atoms with Crippen LogP contribution in [0.15, 0.2) is 36.5 Å². The minimum atomic E-state index is -1.01. The maximum Gasteiger partial charge on any atom is 0.326 e. The molecule has 0 radical (unpaired) electrons. The quantitative estimate of drug-likeness (QED) is 0.0337. The number of carboxylic acids is 1. The lowest BCUT2D eigenvalue weighted by Crippen LogP contribution is -2.40. The van der Waals surface area contributed by atoms with Crippen molar-refractivity contribution in [3.05, 3.63) is 36.5 Å². The number of nitrogens with two attached hydrogens (primary N) is 1. The largest absolute Gasteiger partial charge is 0.480 e. The zero-order chi connectivity index (χ0) is 36.8. The molecule has 0 aromatic heterocycles. The highest BCUT2D eigenvalue weighted by atomic mass is 16.5. The van der Waals surface area contributed by atoms with Gasteiger partial charge in [-0.2, -0.15) is 0 Å². The summed E-state index contributed by atoms with van der Waals surface area (Å²) in [4.78, 5) is 36.2. The van der Waals surface area contributed by atoms with E-state index in [1.807, 2.05) is 0 Å². The molecule has 0 aliphatic rings. The number of ether oxygens (including phenoxy) is 1. The smallest absolute Gasteiger partial charge is 0.326 e. The van der Waals surface area contributed by atoms with Crippen LogP contribution in [0.5, 0.6) is 0 Å². The van der Waals surface area contributed by atoms with Gasteiger partial charge in [0.15, 0.2) is 0 Å². The molecule has 1 amide bonds. The second kappa shape index (κ2) is 37.8. The molecule has 0 rings (SSSR count). The van der Waals surface area contributed by atoms with Gasteiger partial charge in [0.25, 0.3) is 0 Å². The zero-order valence-electron chi connectivity index (χ0n) is 32.5. The Labute approximate surface area is 307 Å². The number of esters is 1. The van der Waals surface area contributed by atoms with Crippen molar-refractivity contribution in [2.45, 2.75) is 212 Å². The van der Waals surface area contributed by atoms with Crippen molar-refractivity contribution in [3.63, 3.8) is 0 Å². The second-order valence-electron chi connectivity index (χ2n) is 14.0. The fourth-order valence-electron chi connectivity index (χ4n) is 6.09. The van der Waals surface area contributed by atoms with Gasteiger partial charge in [-0.3, -0.25) is 9.59 Å². The third-order valence-electron chi connectivity index (χ3n) is 9.20. The monoisotopic (exact) mass is 703 g/mol. The van der Waals surface area contributed by atoms with Crippen molar-refractivity contribution in [1.29, 1.82) is 0 Å². The molecule has 0 spiro atoms.